The van der Waals surface area contributed by atoms with Gasteiger partial charge in [-0.15, -0.1) is 0 Å². The number of furan rings is 1. The third kappa shape index (κ3) is 5.65. The molecule has 1 aromatic heterocycles. The van der Waals surface area contributed by atoms with Crippen LogP contribution >= 0.6 is 0 Å². The number of rotatable bonds is 7. The van der Waals surface area contributed by atoms with Crippen molar-refractivity contribution in [3.63, 3.8) is 0 Å². The summed E-state index contributed by atoms with van der Waals surface area (Å²) >= 11 is 0. The summed E-state index contributed by atoms with van der Waals surface area (Å²) in [6.45, 7) is 3.93. The predicted molar refractivity (Wildman–Crippen MR) is 122 cm³/mol. The molecule has 0 radical (unpaired) electrons. The zero-order valence-electron chi connectivity index (χ0n) is 18.3. The first-order valence-corrected chi connectivity index (χ1v) is 10.9. The van der Waals surface area contributed by atoms with Crippen LogP contribution < -0.4 is 5.32 Å². The second-order valence-corrected chi connectivity index (χ2v) is 8.22. The van der Waals surface area contributed by atoms with Gasteiger partial charge in [0.05, 0.1) is 18.8 Å². The third-order valence-electron chi connectivity index (χ3n) is 5.67. The molecule has 2 heterocycles. The summed E-state index contributed by atoms with van der Waals surface area (Å²) in [5, 5.41) is 3.01. The fourth-order valence-corrected chi connectivity index (χ4v) is 3.90. The Morgan fingerprint density at radius 2 is 1.94 bits per heavy atom. The summed E-state index contributed by atoms with van der Waals surface area (Å²) in [5.41, 5.74) is 3.48. The lowest BCUT2D eigenvalue weighted by molar-refractivity contribution is -0.121. The minimum atomic E-state index is -0.225. The number of aryl methyl sites for hydroxylation is 1. The van der Waals surface area contributed by atoms with Gasteiger partial charge in [-0.05, 0) is 61.7 Å². The van der Waals surface area contributed by atoms with Crippen LogP contribution in [0.3, 0.4) is 0 Å². The minimum absolute atomic E-state index is 0.0156. The largest absolute Gasteiger partial charge is 0.467 e. The molecule has 1 aliphatic rings. The molecule has 4 rings (SSSR count). The first-order valence-electron chi connectivity index (χ1n) is 10.9. The molecular weight excluding hydrogens is 404 g/mol. The van der Waals surface area contributed by atoms with Gasteiger partial charge in [-0.1, -0.05) is 29.8 Å². The van der Waals surface area contributed by atoms with Crippen molar-refractivity contribution in [2.24, 2.45) is 5.92 Å². The first-order chi connectivity index (χ1) is 15.6. The molecule has 6 heteroatoms. The molecule has 6 nitrogen and oxygen atoms in total. The van der Waals surface area contributed by atoms with Gasteiger partial charge in [0.25, 0.3) is 5.91 Å². The van der Waals surface area contributed by atoms with E-state index >= 15 is 0 Å². The summed E-state index contributed by atoms with van der Waals surface area (Å²) < 4.78 is 10.9. The van der Waals surface area contributed by atoms with E-state index in [0.29, 0.717) is 31.9 Å². The monoisotopic (exact) mass is 432 g/mol. The topological polar surface area (TPSA) is 71.8 Å². The number of likely N-dealkylation sites (tertiary alicyclic amines) is 1. The van der Waals surface area contributed by atoms with E-state index in [-0.39, 0.29) is 17.7 Å². The Labute approximate surface area is 188 Å². The molecule has 1 saturated heterocycles. The van der Waals surface area contributed by atoms with E-state index in [1.165, 1.54) is 0 Å². The Bertz CT molecular complexity index is 1040. The number of hydrogen-bond donors (Lipinski definition) is 1. The van der Waals surface area contributed by atoms with E-state index in [4.69, 9.17) is 9.15 Å². The summed E-state index contributed by atoms with van der Waals surface area (Å²) in [6, 6.07) is 18.9. The molecule has 2 amide bonds. The first kappa shape index (κ1) is 21.8. The zero-order valence-corrected chi connectivity index (χ0v) is 18.3. The van der Waals surface area contributed by atoms with E-state index < -0.39 is 0 Å². The number of piperidine rings is 1. The number of amides is 2. The highest BCUT2D eigenvalue weighted by Gasteiger charge is 2.29. The third-order valence-corrected chi connectivity index (χ3v) is 5.67. The quantitative estimate of drug-likeness (QED) is 0.582. The van der Waals surface area contributed by atoms with Crippen molar-refractivity contribution in [3.8, 4) is 0 Å². The second-order valence-electron chi connectivity index (χ2n) is 8.22. The van der Waals surface area contributed by atoms with E-state index in [1.807, 2.05) is 67.6 Å². The van der Waals surface area contributed by atoms with Crippen molar-refractivity contribution in [2.75, 3.05) is 18.4 Å². The Morgan fingerprint density at radius 1 is 1.09 bits per heavy atom. The van der Waals surface area contributed by atoms with E-state index in [9.17, 15) is 9.59 Å². The molecule has 166 valence electrons. The molecule has 1 unspecified atom stereocenters. The van der Waals surface area contributed by atoms with Crippen molar-refractivity contribution >= 4 is 17.5 Å². The van der Waals surface area contributed by atoms with Crippen LogP contribution in [0.25, 0.3) is 0 Å². The van der Waals surface area contributed by atoms with Crippen LogP contribution in [0, 0.1) is 12.8 Å². The fraction of sp³-hybridized carbons (Fsp3) is 0.308. The number of benzene rings is 2. The van der Waals surface area contributed by atoms with Crippen molar-refractivity contribution < 1.29 is 18.7 Å². The van der Waals surface area contributed by atoms with Gasteiger partial charge in [-0.2, -0.15) is 0 Å². The molecule has 0 bridgehead atoms. The molecular formula is C26H28N2O4. The average Bonchev–Trinajstić information content (AvgIpc) is 3.33. The molecule has 1 N–H and O–H groups in total. The number of hydrogen-bond acceptors (Lipinski definition) is 4. The number of carbonyl (C=O) groups is 2. The summed E-state index contributed by atoms with van der Waals surface area (Å²) in [5.74, 6) is 0.478. The van der Waals surface area contributed by atoms with E-state index in [1.54, 1.807) is 11.2 Å². The smallest absolute Gasteiger partial charge is 0.253 e. The standard InChI is InChI=1S/C26H28N2O4/c1-19-9-11-21(12-10-19)26(30)28-13-3-6-22(16-28)25(29)27-23-7-2-5-20(15-23)17-31-18-24-8-4-14-32-24/h2,4-5,7-12,14-15,22H,3,6,13,16-18H2,1H3,(H,27,29). The van der Waals surface area contributed by atoms with Gasteiger partial charge in [-0.25, -0.2) is 0 Å². The number of anilines is 1. The Kier molecular flexibility index (Phi) is 7.02. The molecule has 2 aromatic carbocycles. The van der Waals surface area contributed by atoms with Crippen LogP contribution in [0.2, 0.25) is 0 Å². The van der Waals surface area contributed by atoms with Crippen molar-refractivity contribution in [1.29, 1.82) is 0 Å². The summed E-state index contributed by atoms with van der Waals surface area (Å²) in [7, 11) is 0. The number of nitrogens with one attached hydrogen (secondary N) is 1. The van der Waals surface area contributed by atoms with Crippen LogP contribution in [0.4, 0.5) is 5.69 Å². The van der Waals surface area contributed by atoms with Crippen LogP contribution in [-0.4, -0.2) is 29.8 Å². The minimum Gasteiger partial charge on any atom is -0.467 e. The Morgan fingerprint density at radius 3 is 2.72 bits per heavy atom. The SMILES string of the molecule is Cc1ccc(C(=O)N2CCCC(C(=O)Nc3cccc(COCc4ccco4)c3)C2)cc1. The van der Waals surface area contributed by atoms with Crippen molar-refractivity contribution in [1.82, 2.24) is 4.90 Å². The number of carbonyl (C=O) groups excluding carboxylic acids is 2. The normalized spacial score (nSPS) is 16.0. The van der Waals surface area contributed by atoms with Gasteiger partial charge in [0, 0.05) is 24.3 Å². The average molecular weight is 433 g/mol. The highest BCUT2D eigenvalue weighted by molar-refractivity contribution is 5.96. The van der Waals surface area contributed by atoms with Gasteiger partial charge in [0.2, 0.25) is 5.91 Å². The van der Waals surface area contributed by atoms with Gasteiger partial charge < -0.3 is 19.4 Å². The molecule has 0 aliphatic carbocycles. The maximum Gasteiger partial charge on any atom is 0.253 e. The lowest BCUT2D eigenvalue weighted by Gasteiger charge is -2.32. The predicted octanol–water partition coefficient (Wildman–Crippen LogP) is 4.80. The second kappa shape index (κ2) is 10.3. The Balaban J connectivity index is 1.32. The van der Waals surface area contributed by atoms with E-state index in [0.717, 1.165) is 35.4 Å². The lowest BCUT2D eigenvalue weighted by Crippen LogP contribution is -2.43. The van der Waals surface area contributed by atoms with Crippen molar-refractivity contribution in [2.45, 2.75) is 33.0 Å². The summed E-state index contributed by atoms with van der Waals surface area (Å²) in [6.07, 6.45) is 3.21. The highest BCUT2D eigenvalue weighted by atomic mass is 16.5. The molecule has 0 spiro atoms. The van der Waals surface area contributed by atoms with Crippen LogP contribution in [0.1, 0.15) is 40.1 Å². The number of nitrogens with zero attached hydrogens (tertiary/aromatic N) is 1. The maximum absolute atomic E-state index is 12.9. The highest BCUT2D eigenvalue weighted by Crippen LogP contribution is 2.21. The summed E-state index contributed by atoms with van der Waals surface area (Å²) in [4.78, 5) is 27.5. The molecule has 32 heavy (non-hydrogen) atoms. The molecule has 1 fully saturated rings. The lowest BCUT2D eigenvalue weighted by atomic mass is 9.96. The van der Waals surface area contributed by atoms with Crippen LogP contribution in [0.15, 0.2) is 71.3 Å². The van der Waals surface area contributed by atoms with E-state index in [2.05, 4.69) is 5.32 Å². The Hall–Kier alpha value is -3.38. The van der Waals surface area contributed by atoms with Crippen molar-refractivity contribution in [3.05, 3.63) is 89.4 Å². The van der Waals surface area contributed by atoms with Gasteiger partial charge in [0.1, 0.15) is 12.4 Å². The molecule has 1 atom stereocenters. The number of ether oxygens (including phenoxy) is 1. The molecule has 1 aliphatic heterocycles. The van der Waals surface area contributed by atoms with Crippen LogP contribution in [-0.2, 0) is 22.7 Å². The zero-order chi connectivity index (χ0) is 22.3. The molecule has 3 aromatic rings. The van der Waals surface area contributed by atoms with Gasteiger partial charge >= 0.3 is 0 Å². The van der Waals surface area contributed by atoms with Crippen LogP contribution in [0.5, 0.6) is 0 Å². The maximum atomic E-state index is 12.9. The van der Waals surface area contributed by atoms with Gasteiger partial charge in [-0.3, -0.25) is 9.59 Å². The fourth-order valence-electron chi connectivity index (χ4n) is 3.90. The molecule has 0 saturated carbocycles. The van der Waals surface area contributed by atoms with Gasteiger partial charge in [0.15, 0.2) is 0 Å².